The van der Waals surface area contributed by atoms with Gasteiger partial charge in [-0.1, -0.05) is 6.92 Å². The van der Waals surface area contributed by atoms with Crippen LogP contribution in [0.2, 0.25) is 0 Å². The van der Waals surface area contributed by atoms with Gasteiger partial charge in [-0.2, -0.15) is 11.8 Å². The monoisotopic (exact) mass is 172 g/mol. The summed E-state index contributed by atoms with van der Waals surface area (Å²) in [6, 6.07) is 0. The average Bonchev–Trinajstić information content (AvgIpc) is 2.31. The summed E-state index contributed by atoms with van der Waals surface area (Å²) in [5.74, 6) is 0. The van der Waals surface area contributed by atoms with Crippen molar-refractivity contribution in [1.82, 2.24) is 0 Å². The summed E-state index contributed by atoms with van der Waals surface area (Å²) in [4.78, 5) is 0. The Hall–Kier alpha value is 0.310. The van der Waals surface area contributed by atoms with Gasteiger partial charge in [0.05, 0.1) is 5.60 Å². The molecule has 2 bridgehead atoms. The van der Waals surface area contributed by atoms with Crippen molar-refractivity contribution in [3.8, 4) is 0 Å². The van der Waals surface area contributed by atoms with Crippen LogP contribution in [-0.4, -0.2) is 21.2 Å². The summed E-state index contributed by atoms with van der Waals surface area (Å²) < 4.78 is 0. The Bertz CT molecular complexity index is 146. The van der Waals surface area contributed by atoms with E-state index in [1.54, 1.807) is 0 Å². The van der Waals surface area contributed by atoms with Crippen molar-refractivity contribution in [3.63, 3.8) is 0 Å². The highest BCUT2D eigenvalue weighted by molar-refractivity contribution is 8.00. The van der Waals surface area contributed by atoms with Crippen molar-refractivity contribution in [3.05, 3.63) is 0 Å². The predicted octanol–water partition coefficient (Wildman–Crippen LogP) is 2.19. The maximum atomic E-state index is 10.0. The molecule has 2 heteroatoms. The van der Waals surface area contributed by atoms with Gasteiger partial charge in [-0.05, 0) is 32.1 Å². The second kappa shape index (κ2) is 2.67. The fourth-order valence-electron chi connectivity index (χ4n) is 2.30. The van der Waals surface area contributed by atoms with Crippen LogP contribution >= 0.6 is 11.8 Å². The van der Waals surface area contributed by atoms with Gasteiger partial charge in [0.2, 0.25) is 0 Å². The molecule has 0 amide bonds. The van der Waals surface area contributed by atoms with Crippen LogP contribution in [-0.2, 0) is 0 Å². The van der Waals surface area contributed by atoms with Crippen molar-refractivity contribution in [1.29, 1.82) is 0 Å². The molecule has 64 valence electrons. The Balaban J connectivity index is 2.07. The molecule has 0 aromatic heterocycles. The normalized spacial score (nSPS) is 49.6. The molecule has 1 N–H and O–H groups in total. The molecular weight excluding hydrogens is 156 g/mol. The van der Waals surface area contributed by atoms with Gasteiger partial charge in [-0.15, -0.1) is 0 Å². The van der Waals surface area contributed by atoms with Crippen molar-refractivity contribution < 1.29 is 5.11 Å². The Morgan fingerprint density at radius 2 is 1.91 bits per heavy atom. The lowest BCUT2D eigenvalue weighted by molar-refractivity contribution is 0.0201. The maximum Gasteiger partial charge on any atom is 0.0666 e. The number of rotatable bonds is 1. The first-order valence-electron chi connectivity index (χ1n) is 4.60. The zero-order valence-corrected chi connectivity index (χ0v) is 7.86. The lowest BCUT2D eigenvalue weighted by atomic mass is 9.91. The van der Waals surface area contributed by atoms with Crippen LogP contribution in [0.3, 0.4) is 0 Å². The van der Waals surface area contributed by atoms with E-state index in [0.29, 0.717) is 0 Å². The van der Waals surface area contributed by atoms with E-state index in [1.807, 2.05) is 0 Å². The topological polar surface area (TPSA) is 20.2 Å². The van der Waals surface area contributed by atoms with E-state index >= 15 is 0 Å². The summed E-state index contributed by atoms with van der Waals surface area (Å²) in [5, 5.41) is 11.6. The molecular formula is C9H16OS. The standard InChI is InChI=1S/C9H16OS/c1-2-9(10)5-7-3-4-8(6-9)11-7/h7-8,10H,2-6H2,1H3/t7-,8+,9+. The van der Waals surface area contributed by atoms with Crippen molar-refractivity contribution in [2.75, 3.05) is 0 Å². The lowest BCUT2D eigenvalue weighted by Crippen LogP contribution is -2.36. The van der Waals surface area contributed by atoms with Gasteiger partial charge < -0.3 is 5.11 Å². The van der Waals surface area contributed by atoms with Gasteiger partial charge in [-0.25, -0.2) is 0 Å². The summed E-state index contributed by atoms with van der Waals surface area (Å²) >= 11 is 2.11. The minimum atomic E-state index is -0.295. The maximum absolute atomic E-state index is 10.0. The third-order valence-corrected chi connectivity index (χ3v) is 4.64. The fraction of sp³-hybridized carbons (Fsp3) is 1.00. The molecule has 0 unspecified atom stereocenters. The van der Waals surface area contributed by atoms with E-state index in [9.17, 15) is 5.11 Å². The van der Waals surface area contributed by atoms with E-state index in [1.165, 1.54) is 12.8 Å². The molecule has 0 aromatic carbocycles. The van der Waals surface area contributed by atoms with Crippen LogP contribution in [0, 0.1) is 0 Å². The van der Waals surface area contributed by atoms with Gasteiger partial charge in [0.1, 0.15) is 0 Å². The summed E-state index contributed by atoms with van der Waals surface area (Å²) in [5.41, 5.74) is -0.295. The molecule has 0 aliphatic carbocycles. The SMILES string of the molecule is CC[C@]1(O)C[C@H]2CC[C@@H](C1)S2. The smallest absolute Gasteiger partial charge is 0.0666 e. The highest BCUT2D eigenvalue weighted by Gasteiger charge is 2.41. The third kappa shape index (κ3) is 1.43. The van der Waals surface area contributed by atoms with Crippen LogP contribution < -0.4 is 0 Å². The lowest BCUT2D eigenvalue weighted by Gasteiger charge is -2.35. The second-order valence-corrected chi connectivity index (χ2v) is 5.55. The second-order valence-electron chi connectivity index (χ2n) is 3.94. The highest BCUT2D eigenvalue weighted by atomic mass is 32.2. The van der Waals surface area contributed by atoms with Gasteiger partial charge >= 0.3 is 0 Å². The summed E-state index contributed by atoms with van der Waals surface area (Å²) in [6.45, 7) is 2.11. The van der Waals surface area contributed by atoms with Crippen LogP contribution in [0.15, 0.2) is 0 Å². The van der Waals surface area contributed by atoms with Crippen LogP contribution in [0.25, 0.3) is 0 Å². The van der Waals surface area contributed by atoms with Crippen molar-refractivity contribution >= 4 is 11.8 Å². The molecule has 3 atom stereocenters. The van der Waals surface area contributed by atoms with Crippen molar-refractivity contribution in [2.24, 2.45) is 0 Å². The van der Waals surface area contributed by atoms with Crippen LogP contribution in [0.5, 0.6) is 0 Å². The Morgan fingerprint density at radius 3 is 2.36 bits per heavy atom. The number of hydrogen-bond donors (Lipinski definition) is 1. The predicted molar refractivity (Wildman–Crippen MR) is 48.9 cm³/mol. The highest BCUT2D eigenvalue weighted by Crippen LogP contribution is 2.48. The minimum absolute atomic E-state index is 0.295. The fourth-order valence-corrected chi connectivity index (χ4v) is 4.20. The molecule has 2 aliphatic heterocycles. The number of thioether (sulfide) groups is 1. The average molecular weight is 172 g/mol. The van der Waals surface area contributed by atoms with E-state index < -0.39 is 0 Å². The number of fused-ring (bicyclic) bond motifs is 2. The molecule has 2 saturated heterocycles. The third-order valence-electron chi connectivity index (χ3n) is 3.07. The molecule has 0 aromatic rings. The van der Waals surface area contributed by atoms with Gasteiger partial charge in [-0.3, -0.25) is 0 Å². The quantitative estimate of drug-likeness (QED) is 0.654. The van der Waals surface area contributed by atoms with E-state index in [4.69, 9.17) is 0 Å². The van der Waals surface area contributed by atoms with Gasteiger partial charge in [0.25, 0.3) is 0 Å². The molecule has 2 rings (SSSR count). The number of hydrogen-bond acceptors (Lipinski definition) is 2. The van der Waals surface area contributed by atoms with Crippen LogP contribution in [0.4, 0.5) is 0 Å². The molecule has 2 aliphatic rings. The molecule has 0 radical (unpaired) electrons. The first kappa shape index (κ1) is 7.93. The molecule has 2 fully saturated rings. The molecule has 1 nitrogen and oxygen atoms in total. The zero-order valence-electron chi connectivity index (χ0n) is 7.05. The van der Waals surface area contributed by atoms with Gasteiger partial charge in [0.15, 0.2) is 0 Å². The zero-order chi connectivity index (χ0) is 7.90. The molecule has 11 heavy (non-hydrogen) atoms. The van der Waals surface area contributed by atoms with Crippen molar-refractivity contribution in [2.45, 2.75) is 55.1 Å². The Morgan fingerprint density at radius 1 is 1.36 bits per heavy atom. The molecule has 2 heterocycles. The largest absolute Gasteiger partial charge is 0.390 e. The molecule has 0 saturated carbocycles. The molecule has 0 spiro atoms. The van der Waals surface area contributed by atoms with Gasteiger partial charge in [0, 0.05) is 10.5 Å². The summed E-state index contributed by atoms with van der Waals surface area (Å²) in [6.07, 6.45) is 5.73. The summed E-state index contributed by atoms with van der Waals surface area (Å²) in [7, 11) is 0. The van der Waals surface area contributed by atoms with Crippen LogP contribution in [0.1, 0.15) is 39.0 Å². The van der Waals surface area contributed by atoms with E-state index in [-0.39, 0.29) is 5.60 Å². The Labute approximate surface area is 72.6 Å². The van der Waals surface area contributed by atoms with E-state index in [2.05, 4.69) is 18.7 Å². The first-order valence-corrected chi connectivity index (χ1v) is 5.54. The number of aliphatic hydroxyl groups is 1. The minimum Gasteiger partial charge on any atom is -0.390 e. The first-order chi connectivity index (χ1) is 5.22. The van der Waals surface area contributed by atoms with E-state index in [0.717, 1.165) is 29.8 Å². The Kier molecular flexibility index (Phi) is 1.92.